The number of aromatic nitrogens is 3. The third kappa shape index (κ3) is 4.71. The van der Waals surface area contributed by atoms with Gasteiger partial charge in [0.25, 0.3) is 11.3 Å². The zero-order valence-electron chi connectivity index (χ0n) is 17.6. The van der Waals surface area contributed by atoms with Crippen molar-refractivity contribution in [2.75, 3.05) is 6.54 Å². The molecule has 0 aliphatic carbocycles. The van der Waals surface area contributed by atoms with E-state index in [1.54, 1.807) is 0 Å². The number of carbonyl (C=O) groups is 1. The van der Waals surface area contributed by atoms with Crippen LogP contribution in [0.4, 0.5) is 0 Å². The molecule has 7 nitrogen and oxygen atoms in total. The van der Waals surface area contributed by atoms with Crippen LogP contribution in [-0.4, -0.2) is 27.2 Å². The van der Waals surface area contributed by atoms with Crippen LogP contribution in [0.3, 0.4) is 0 Å². The van der Waals surface area contributed by atoms with Gasteiger partial charge in [0.2, 0.25) is 5.91 Å². The molecule has 0 fully saturated rings. The lowest BCUT2D eigenvalue weighted by molar-refractivity contribution is -0.121. The summed E-state index contributed by atoms with van der Waals surface area (Å²) >= 11 is 0. The molecule has 7 heteroatoms. The van der Waals surface area contributed by atoms with Gasteiger partial charge in [-0.2, -0.15) is 0 Å². The molecule has 2 aromatic carbocycles. The van der Waals surface area contributed by atoms with Crippen LogP contribution in [-0.2, 0) is 17.8 Å². The maximum atomic E-state index is 13.0. The van der Waals surface area contributed by atoms with Crippen LogP contribution >= 0.6 is 0 Å². The standard InChI is InChI=1S/C24H24N4O3/c1-16-3-7-18(8-4-16)11-13-25-20(29)12-14-28-15-26-23-21(24(28)30)22(27-31-23)19-9-5-17(2)6-10-19/h3-10,15H,11-14H2,1-2H3,(H,25,29). The number of hydrogen-bond donors (Lipinski definition) is 1. The first-order chi connectivity index (χ1) is 15.0. The Balaban J connectivity index is 1.41. The van der Waals surface area contributed by atoms with Crippen molar-refractivity contribution < 1.29 is 9.32 Å². The van der Waals surface area contributed by atoms with E-state index in [1.165, 1.54) is 22.0 Å². The van der Waals surface area contributed by atoms with E-state index in [4.69, 9.17) is 4.52 Å². The summed E-state index contributed by atoms with van der Waals surface area (Å²) in [6.07, 6.45) is 2.35. The van der Waals surface area contributed by atoms with Crippen LogP contribution in [0.1, 0.15) is 23.1 Å². The lowest BCUT2D eigenvalue weighted by Crippen LogP contribution is -2.29. The van der Waals surface area contributed by atoms with Gasteiger partial charge in [-0.05, 0) is 25.8 Å². The predicted octanol–water partition coefficient (Wildman–Crippen LogP) is 3.42. The highest BCUT2D eigenvalue weighted by molar-refractivity contribution is 5.88. The second-order valence-electron chi connectivity index (χ2n) is 7.66. The molecule has 1 N–H and O–H groups in total. The average Bonchev–Trinajstić information content (AvgIpc) is 3.20. The van der Waals surface area contributed by atoms with Gasteiger partial charge in [0.1, 0.15) is 17.4 Å². The molecule has 0 aliphatic heterocycles. The normalized spacial score (nSPS) is 11.0. The highest BCUT2D eigenvalue weighted by Crippen LogP contribution is 2.24. The van der Waals surface area contributed by atoms with Gasteiger partial charge < -0.3 is 9.84 Å². The van der Waals surface area contributed by atoms with E-state index < -0.39 is 0 Å². The van der Waals surface area contributed by atoms with Crippen LogP contribution in [0.5, 0.6) is 0 Å². The molecule has 0 radical (unpaired) electrons. The van der Waals surface area contributed by atoms with E-state index in [9.17, 15) is 9.59 Å². The molecule has 2 aromatic heterocycles. The van der Waals surface area contributed by atoms with Crippen molar-refractivity contribution >= 4 is 17.0 Å². The first-order valence-corrected chi connectivity index (χ1v) is 10.3. The second-order valence-corrected chi connectivity index (χ2v) is 7.66. The summed E-state index contributed by atoms with van der Waals surface area (Å²) in [4.78, 5) is 29.4. The molecule has 0 spiro atoms. The maximum absolute atomic E-state index is 13.0. The van der Waals surface area contributed by atoms with Crippen LogP contribution in [0.2, 0.25) is 0 Å². The van der Waals surface area contributed by atoms with Gasteiger partial charge in [0.15, 0.2) is 0 Å². The summed E-state index contributed by atoms with van der Waals surface area (Å²) in [5.74, 6) is -0.108. The van der Waals surface area contributed by atoms with Crippen LogP contribution in [0.25, 0.3) is 22.4 Å². The number of rotatable bonds is 7. The average molecular weight is 416 g/mol. The van der Waals surface area contributed by atoms with Crippen molar-refractivity contribution in [2.45, 2.75) is 33.2 Å². The molecule has 0 saturated carbocycles. The van der Waals surface area contributed by atoms with Gasteiger partial charge in [0.05, 0.1) is 0 Å². The number of nitrogens with one attached hydrogen (secondary N) is 1. The fourth-order valence-corrected chi connectivity index (χ4v) is 3.36. The molecular weight excluding hydrogens is 392 g/mol. The van der Waals surface area contributed by atoms with Crippen molar-refractivity contribution in [2.24, 2.45) is 0 Å². The van der Waals surface area contributed by atoms with Gasteiger partial charge >= 0.3 is 0 Å². The molecule has 0 aliphatic rings. The molecule has 4 aromatic rings. The molecule has 0 atom stereocenters. The molecule has 2 heterocycles. The Kier molecular flexibility index (Phi) is 5.93. The fourth-order valence-electron chi connectivity index (χ4n) is 3.36. The summed E-state index contributed by atoms with van der Waals surface area (Å²) in [6, 6.07) is 15.9. The maximum Gasteiger partial charge on any atom is 0.266 e. The quantitative estimate of drug-likeness (QED) is 0.499. The molecular formula is C24H24N4O3. The third-order valence-electron chi connectivity index (χ3n) is 5.22. The number of aryl methyl sites for hydroxylation is 3. The molecule has 0 saturated heterocycles. The smallest absolute Gasteiger partial charge is 0.266 e. The summed E-state index contributed by atoms with van der Waals surface area (Å²) in [7, 11) is 0. The Hall–Kier alpha value is -3.74. The minimum atomic E-state index is -0.269. The van der Waals surface area contributed by atoms with Crippen LogP contribution < -0.4 is 10.9 Å². The highest BCUT2D eigenvalue weighted by Gasteiger charge is 2.17. The Morgan fingerprint density at radius 2 is 1.71 bits per heavy atom. The Morgan fingerprint density at radius 3 is 2.42 bits per heavy atom. The van der Waals surface area contributed by atoms with Gasteiger partial charge in [-0.1, -0.05) is 64.8 Å². The number of hydrogen-bond acceptors (Lipinski definition) is 5. The number of carbonyl (C=O) groups excluding carboxylic acids is 1. The Morgan fingerprint density at radius 1 is 1.03 bits per heavy atom. The zero-order chi connectivity index (χ0) is 21.8. The highest BCUT2D eigenvalue weighted by atomic mass is 16.5. The van der Waals surface area contributed by atoms with Crippen molar-refractivity contribution in [1.82, 2.24) is 20.0 Å². The largest absolute Gasteiger partial charge is 0.356 e. The van der Waals surface area contributed by atoms with Crippen molar-refractivity contribution in [1.29, 1.82) is 0 Å². The molecule has 4 rings (SSSR count). The van der Waals surface area contributed by atoms with Crippen LogP contribution in [0.15, 0.2) is 64.2 Å². The zero-order valence-corrected chi connectivity index (χ0v) is 17.6. The summed E-state index contributed by atoms with van der Waals surface area (Å²) < 4.78 is 6.67. The number of fused-ring (bicyclic) bond motifs is 1. The molecule has 158 valence electrons. The van der Waals surface area contributed by atoms with E-state index in [0.717, 1.165) is 17.5 Å². The summed E-state index contributed by atoms with van der Waals surface area (Å²) in [6.45, 7) is 4.82. The van der Waals surface area contributed by atoms with Crippen LogP contribution in [0, 0.1) is 13.8 Å². The minimum absolute atomic E-state index is 0.108. The molecule has 31 heavy (non-hydrogen) atoms. The van der Waals surface area contributed by atoms with Gasteiger partial charge in [-0.3, -0.25) is 14.2 Å². The van der Waals surface area contributed by atoms with E-state index >= 15 is 0 Å². The van der Waals surface area contributed by atoms with E-state index in [0.29, 0.717) is 17.6 Å². The lowest BCUT2D eigenvalue weighted by Gasteiger charge is -2.07. The van der Waals surface area contributed by atoms with E-state index in [-0.39, 0.29) is 30.1 Å². The topological polar surface area (TPSA) is 90.0 Å². The molecule has 0 bridgehead atoms. The predicted molar refractivity (Wildman–Crippen MR) is 119 cm³/mol. The first kappa shape index (κ1) is 20.5. The lowest BCUT2D eigenvalue weighted by atomic mass is 10.1. The Labute approximate surface area is 179 Å². The SMILES string of the molecule is Cc1ccc(CCNC(=O)CCn2cnc3onc(-c4ccc(C)cc4)c3c2=O)cc1. The van der Waals surface area contributed by atoms with E-state index in [2.05, 4.69) is 39.7 Å². The first-order valence-electron chi connectivity index (χ1n) is 10.3. The summed E-state index contributed by atoms with van der Waals surface area (Å²) in [5.41, 5.74) is 4.67. The summed E-state index contributed by atoms with van der Waals surface area (Å²) in [5, 5.41) is 7.27. The number of amides is 1. The Bertz CT molecular complexity index is 1250. The monoisotopic (exact) mass is 416 g/mol. The van der Waals surface area contributed by atoms with Gasteiger partial charge in [-0.15, -0.1) is 0 Å². The molecule has 0 unspecified atom stereocenters. The van der Waals surface area contributed by atoms with Gasteiger partial charge in [-0.25, -0.2) is 4.98 Å². The van der Waals surface area contributed by atoms with Crippen molar-refractivity contribution in [3.05, 3.63) is 81.9 Å². The van der Waals surface area contributed by atoms with E-state index in [1.807, 2.05) is 38.1 Å². The van der Waals surface area contributed by atoms with Crippen molar-refractivity contribution in [3.63, 3.8) is 0 Å². The third-order valence-corrected chi connectivity index (χ3v) is 5.22. The molecule has 1 amide bonds. The van der Waals surface area contributed by atoms with Gasteiger partial charge in [0, 0.05) is 25.1 Å². The number of nitrogens with zero attached hydrogens (tertiary/aromatic N) is 3. The second kappa shape index (κ2) is 8.95. The minimum Gasteiger partial charge on any atom is -0.356 e. The van der Waals surface area contributed by atoms with Crippen molar-refractivity contribution in [3.8, 4) is 11.3 Å². The fraction of sp³-hybridized carbons (Fsp3) is 0.250. The number of benzene rings is 2.